The van der Waals surface area contributed by atoms with Crippen LogP contribution in [0, 0.1) is 11.8 Å². The largest absolute Gasteiger partial charge is 0.497 e. The van der Waals surface area contributed by atoms with E-state index in [9.17, 15) is 14.4 Å². The number of hydrogen-bond acceptors (Lipinski definition) is 6. The van der Waals surface area contributed by atoms with Crippen molar-refractivity contribution in [2.45, 2.75) is 12.1 Å². The third kappa shape index (κ3) is 3.37. The molecule has 3 heterocycles. The first-order valence-corrected chi connectivity index (χ1v) is 11.9. The van der Waals surface area contributed by atoms with Gasteiger partial charge in [0.1, 0.15) is 11.8 Å². The second kappa shape index (κ2) is 8.49. The number of fused-ring (bicyclic) bond motifs is 5. The number of halogens is 1. The lowest BCUT2D eigenvalue weighted by Crippen LogP contribution is -2.46. The predicted octanol–water partition coefficient (Wildman–Crippen LogP) is 3.87. The van der Waals surface area contributed by atoms with E-state index in [0.717, 1.165) is 11.1 Å². The lowest BCUT2D eigenvalue weighted by Gasteiger charge is -2.33. The second-order valence-corrected chi connectivity index (χ2v) is 9.34. The van der Waals surface area contributed by atoms with Crippen LogP contribution in [0.2, 0.25) is 5.02 Å². The standard InChI is InChI=1S/C27H21ClN4O4/c1-36-19-12-10-18(11-13-19)31-26(34)21-22(27(31)35)24(25(33)30-17-8-6-16(28)7-9-17)32-23(21)20-5-3-2-4-15(20)14-29-32/h2-14,21-24H,1H3,(H,30,33)/t21-,22+,23-,24-/m1/s1. The van der Waals surface area contributed by atoms with Crippen LogP contribution in [0.3, 0.4) is 0 Å². The van der Waals surface area contributed by atoms with Gasteiger partial charge in [0.15, 0.2) is 0 Å². The number of carbonyl (C=O) groups excluding carboxylic acids is 3. The summed E-state index contributed by atoms with van der Waals surface area (Å²) in [5.41, 5.74) is 2.70. The minimum absolute atomic E-state index is 0.348. The Labute approximate surface area is 212 Å². The monoisotopic (exact) mass is 500 g/mol. The SMILES string of the molecule is COc1ccc(N2C(=O)[C@@H]3[C@H](C2=O)[C@H](C(=O)Nc2ccc(Cl)cc2)N2N=Cc4ccccc4[C@H]32)cc1. The van der Waals surface area contributed by atoms with Crippen LogP contribution in [-0.4, -0.2) is 42.1 Å². The zero-order valence-electron chi connectivity index (χ0n) is 19.2. The number of hydrazone groups is 1. The second-order valence-electron chi connectivity index (χ2n) is 8.90. The Balaban J connectivity index is 1.42. The number of imide groups is 1. The molecule has 2 fully saturated rings. The number of anilines is 2. The highest BCUT2D eigenvalue weighted by atomic mass is 35.5. The van der Waals surface area contributed by atoms with Gasteiger partial charge in [-0.1, -0.05) is 35.9 Å². The molecular formula is C27H21ClN4O4. The first kappa shape index (κ1) is 22.3. The molecule has 6 rings (SSSR count). The number of hydrogen-bond donors (Lipinski definition) is 1. The van der Waals surface area contributed by atoms with E-state index in [4.69, 9.17) is 16.3 Å². The molecule has 0 radical (unpaired) electrons. The van der Waals surface area contributed by atoms with E-state index < -0.39 is 35.7 Å². The Bertz CT molecular complexity index is 1410. The smallest absolute Gasteiger partial charge is 0.249 e. The maximum Gasteiger partial charge on any atom is 0.249 e. The summed E-state index contributed by atoms with van der Waals surface area (Å²) in [4.78, 5) is 42.5. The van der Waals surface area contributed by atoms with E-state index in [0.29, 0.717) is 22.1 Å². The van der Waals surface area contributed by atoms with Gasteiger partial charge in [0.05, 0.1) is 36.9 Å². The van der Waals surface area contributed by atoms with Crippen LogP contribution in [0.4, 0.5) is 11.4 Å². The van der Waals surface area contributed by atoms with E-state index in [1.165, 1.54) is 4.90 Å². The number of ether oxygens (including phenoxy) is 1. The molecule has 1 N–H and O–H groups in total. The maximum atomic E-state index is 13.8. The summed E-state index contributed by atoms with van der Waals surface area (Å²) in [6.07, 6.45) is 1.67. The number of nitrogens with one attached hydrogen (secondary N) is 1. The van der Waals surface area contributed by atoms with Crippen molar-refractivity contribution < 1.29 is 19.1 Å². The minimum atomic E-state index is -0.972. The Hall–Kier alpha value is -4.17. The lowest BCUT2D eigenvalue weighted by atomic mass is 9.85. The Morgan fingerprint density at radius 2 is 1.64 bits per heavy atom. The molecule has 3 aromatic rings. The molecule has 0 bridgehead atoms. The Kier molecular flexibility index (Phi) is 5.26. The zero-order chi connectivity index (χ0) is 25.0. The van der Waals surface area contributed by atoms with Gasteiger partial charge in [0, 0.05) is 10.7 Å². The molecule has 2 saturated heterocycles. The number of benzene rings is 3. The topological polar surface area (TPSA) is 91.3 Å². The maximum absolute atomic E-state index is 13.8. The molecule has 4 atom stereocenters. The van der Waals surface area contributed by atoms with E-state index in [1.54, 1.807) is 66.9 Å². The molecule has 0 unspecified atom stereocenters. The fourth-order valence-corrected chi connectivity index (χ4v) is 5.53. The molecule has 3 amide bonds. The van der Waals surface area contributed by atoms with Crippen LogP contribution in [-0.2, 0) is 14.4 Å². The molecule has 8 nitrogen and oxygen atoms in total. The van der Waals surface area contributed by atoms with E-state index in [-0.39, 0.29) is 5.91 Å². The molecule has 180 valence electrons. The molecule has 3 aliphatic rings. The summed E-state index contributed by atoms with van der Waals surface area (Å²) < 4.78 is 5.21. The number of amides is 3. The first-order valence-electron chi connectivity index (χ1n) is 11.5. The van der Waals surface area contributed by atoms with Crippen molar-refractivity contribution in [3.05, 3.63) is 88.9 Å². The summed E-state index contributed by atoms with van der Waals surface area (Å²) in [5.74, 6) is -2.24. The average Bonchev–Trinajstić information content (AvgIpc) is 3.38. The van der Waals surface area contributed by atoms with Gasteiger partial charge in [0.25, 0.3) is 0 Å². The van der Waals surface area contributed by atoms with Gasteiger partial charge >= 0.3 is 0 Å². The molecule has 9 heteroatoms. The molecule has 0 aromatic heterocycles. The summed E-state index contributed by atoms with van der Waals surface area (Å²) in [6.45, 7) is 0. The van der Waals surface area contributed by atoms with Crippen molar-refractivity contribution in [2.75, 3.05) is 17.3 Å². The highest BCUT2D eigenvalue weighted by molar-refractivity contribution is 6.30. The van der Waals surface area contributed by atoms with Crippen LogP contribution in [0.5, 0.6) is 5.75 Å². The first-order chi connectivity index (χ1) is 17.5. The van der Waals surface area contributed by atoms with Crippen LogP contribution in [0.25, 0.3) is 0 Å². The van der Waals surface area contributed by atoms with Crippen molar-refractivity contribution >= 4 is 46.9 Å². The summed E-state index contributed by atoms with van der Waals surface area (Å²) >= 11 is 5.98. The third-order valence-corrected chi connectivity index (χ3v) is 7.26. The van der Waals surface area contributed by atoms with Gasteiger partial charge in [-0.3, -0.25) is 19.4 Å². The molecule has 0 saturated carbocycles. The number of methoxy groups -OCH3 is 1. The average molecular weight is 501 g/mol. The van der Waals surface area contributed by atoms with E-state index >= 15 is 0 Å². The van der Waals surface area contributed by atoms with Gasteiger partial charge in [-0.25, -0.2) is 4.90 Å². The van der Waals surface area contributed by atoms with Crippen LogP contribution < -0.4 is 15.0 Å². The van der Waals surface area contributed by atoms with Crippen molar-refractivity contribution in [1.29, 1.82) is 0 Å². The predicted molar refractivity (Wildman–Crippen MR) is 135 cm³/mol. The van der Waals surface area contributed by atoms with Crippen molar-refractivity contribution in [2.24, 2.45) is 16.9 Å². The lowest BCUT2D eigenvalue weighted by molar-refractivity contribution is -0.129. The van der Waals surface area contributed by atoms with E-state index in [2.05, 4.69) is 10.4 Å². The van der Waals surface area contributed by atoms with Crippen LogP contribution in [0.1, 0.15) is 17.2 Å². The van der Waals surface area contributed by atoms with Crippen LogP contribution in [0.15, 0.2) is 77.9 Å². The fourth-order valence-electron chi connectivity index (χ4n) is 5.40. The van der Waals surface area contributed by atoms with Gasteiger partial charge < -0.3 is 10.1 Å². The van der Waals surface area contributed by atoms with Crippen molar-refractivity contribution in [3.8, 4) is 5.75 Å². The molecular weight excluding hydrogens is 480 g/mol. The summed E-state index contributed by atoms with van der Waals surface area (Å²) in [6, 6.07) is 19.5. The summed E-state index contributed by atoms with van der Waals surface area (Å²) in [5, 5.41) is 9.58. The molecule has 3 aromatic carbocycles. The van der Waals surface area contributed by atoms with Crippen molar-refractivity contribution in [1.82, 2.24) is 5.01 Å². The number of nitrogens with zero attached hydrogens (tertiary/aromatic N) is 3. The third-order valence-electron chi connectivity index (χ3n) is 7.00. The number of carbonyl (C=O) groups is 3. The highest BCUT2D eigenvalue weighted by Gasteiger charge is 2.65. The Morgan fingerprint density at radius 3 is 2.36 bits per heavy atom. The molecule has 36 heavy (non-hydrogen) atoms. The minimum Gasteiger partial charge on any atom is -0.497 e. The van der Waals surface area contributed by atoms with Crippen LogP contribution >= 0.6 is 11.6 Å². The molecule has 0 spiro atoms. The molecule has 3 aliphatic heterocycles. The van der Waals surface area contributed by atoms with E-state index in [1.807, 2.05) is 24.3 Å². The van der Waals surface area contributed by atoms with Gasteiger partial charge in [-0.15, -0.1) is 0 Å². The molecule has 0 aliphatic carbocycles. The fraction of sp³-hybridized carbons (Fsp3) is 0.185. The number of rotatable bonds is 4. The normalized spacial score (nSPS) is 23.8. The Morgan fingerprint density at radius 1 is 0.944 bits per heavy atom. The van der Waals surface area contributed by atoms with Gasteiger partial charge in [-0.05, 0) is 59.7 Å². The zero-order valence-corrected chi connectivity index (χ0v) is 19.9. The van der Waals surface area contributed by atoms with Gasteiger partial charge in [-0.2, -0.15) is 5.10 Å². The van der Waals surface area contributed by atoms with Crippen molar-refractivity contribution in [3.63, 3.8) is 0 Å². The highest BCUT2D eigenvalue weighted by Crippen LogP contribution is 2.52. The van der Waals surface area contributed by atoms with Gasteiger partial charge in [0.2, 0.25) is 17.7 Å². The summed E-state index contributed by atoms with van der Waals surface area (Å²) in [7, 11) is 1.55. The quantitative estimate of drug-likeness (QED) is 0.549.